The number of carbonyl (C=O) groups is 4. The van der Waals surface area contributed by atoms with Crippen LogP contribution in [-0.2, 0) is 9.59 Å². The van der Waals surface area contributed by atoms with Crippen molar-refractivity contribution in [3.63, 3.8) is 0 Å². The number of rotatable bonds is 10. The van der Waals surface area contributed by atoms with E-state index in [-0.39, 0.29) is 53.2 Å². The van der Waals surface area contributed by atoms with Crippen molar-refractivity contribution in [1.82, 2.24) is 20.9 Å². The number of benzene rings is 3. The molecule has 58 heavy (non-hydrogen) atoms. The number of piperidine rings is 2. The molecule has 7 rings (SSSR count). The SMILES string of the molecule is CC1(C)C(NC(=O)c2ccc(N3CCC(CN4CCN(c5ccc(F)c(C(=O)NC6CCC(=O)NC6=O)c5)CC4)CC3)cc2)C(C)(C)C1Oc1ccc(C#N)c(Cl)c1. The summed E-state index contributed by atoms with van der Waals surface area (Å²) < 4.78 is 21.1. The highest BCUT2D eigenvalue weighted by molar-refractivity contribution is 6.31. The summed E-state index contributed by atoms with van der Waals surface area (Å²) in [5, 5.41) is 17.6. The minimum absolute atomic E-state index is 0.119. The number of hydrogen-bond acceptors (Lipinski definition) is 9. The fourth-order valence-electron chi connectivity index (χ4n) is 9.51. The van der Waals surface area contributed by atoms with Crippen LogP contribution in [0.15, 0.2) is 60.7 Å². The summed E-state index contributed by atoms with van der Waals surface area (Å²) in [4.78, 5) is 57.0. The molecular formula is C44H51ClFN7O5. The average molecular weight is 812 g/mol. The average Bonchev–Trinajstić information content (AvgIpc) is 3.20. The van der Waals surface area contributed by atoms with Crippen molar-refractivity contribution in [2.24, 2.45) is 16.7 Å². The van der Waals surface area contributed by atoms with E-state index in [4.69, 9.17) is 16.3 Å². The lowest BCUT2D eigenvalue weighted by atomic mass is 9.49. The molecule has 12 nitrogen and oxygen atoms in total. The first-order chi connectivity index (χ1) is 27.6. The molecule has 3 aromatic rings. The van der Waals surface area contributed by atoms with E-state index in [2.05, 4.69) is 64.4 Å². The maximum Gasteiger partial charge on any atom is 0.254 e. The third-order valence-electron chi connectivity index (χ3n) is 12.5. The van der Waals surface area contributed by atoms with Crippen LogP contribution >= 0.6 is 11.6 Å². The molecule has 1 saturated carbocycles. The molecule has 0 aromatic heterocycles. The summed E-state index contributed by atoms with van der Waals surface area (Å²) in [5.41, 5.74) is 2.04. The van der Waals surface area contributed by atoms with Gasteiger partial charge < -0.3 is 25.2 Å². The molecule has 1 atom stereocenters. The van der Waals surface area contributed by atoms with Gasteiger partial charge in [0.2, 0.25) is 11.8 Å². The van der Waals surface area contributed by atoms with E-state index in [0.29, 0.717) is 27.8 Å². The molecule has 4 fully saturated rings. The monoisotopic (exact) mass is 811 g/mol. The van der Waals surface area contributed by atoms with Gasteiger partial charge in [0.25, 0.3) is 11.8 Å². The normalized spacial score (nSPS) is 23.3. The van der Waals surface area contributed by atoms with Crippen molar-refractivity contribution < 1.29 is 28.3 Å². The molecule has 4 aliphatic rings. The predicted molar refractivity (Wildman–Crippen MR) is 219 cm³/mol. The topological polar surface area (TPSA) is 147 Å². The number of amides is 4. The Hall–Kier alpha value is -5.19. The van der Waals surface area contributed by atoms with Crippen LogP contribution in [0.25, 0.3) is 0 Å². The third kappa shape index (κ3) is 8.50. The van der Waals surface area contributed by atoms with Gasteiger partial charge in [-0.25, -0.2) is 4.39 Å². The maximum atomic E-state index is 14.7. The highest BCUT2D eigenvalue weighted by Gasteiger charge is 2.64. The molecular weight excluding hydrogens is 761 g/mol. The Balaban J connectivity index is 0.853. The Morgan fingerprint density at radius 2 is 1.52 bits per heavy atom. The zero-order valence-corrected chi connectivity index (χ0v) is 34.2. The van der Waals surface area contributed by atoms with Crippen LogP contribution < -0.4 is 30.5 Å². The number of nitrogens with one attached hydrogen (secondary N) is 3. The van der Waals surface area contributed by atoms with E-state index < -0.39 is 23.7 Å². The van der Waals surface area contributed by atoms with E-state index in [1.807, 2.05) is 24.3 Å². The van der Waals surface area contributed by atoms with Crippen molar-refractivity contribution in [1.29, 1.82) is 5.26 Å². The Bertz CT molecular complexity index is 2090. The Morgan fingerprint density at radius 3 is 2.16 bits per heavy atom. The van der Waals surface area contributed by atoms with Gasteiger partial charge in [0.15, 0.2) is 0 Å². The number of piperazine rings is 1. The molecule has 1 aliphatic carbocycles. The first kappa shape index (κ1) is 41.0. The van der Waals surface area contributed by atoms with Gasteiger partial charge in [0, 0.05) is 92.1 Å². The maximum absolute atomic E-state index is 14.7. The molecule has 0 radical (unpaired) electrons. The lowest BCUT2D eigenvalue weighted by Crippen LogP contribution is -2.74. The fourth-order valence-corrected chi connectivity index (χ4v) is 9.73. The van der Waals surface area contributed by atoms with Crippen molar-refractivity contribution in [3.8, 4) is 11.8 Å². The van der Waals surface area contributed by atoms with Crippen molar-refractivity contribution in [2.45, 2.75) is 71.6 Å². The molecule has 3 N–H and O–H groups in total. The number of imide groups is 1. The zero-order chi connectivity index (χ0) is 41.4. The van der Waals surface area contributed by atoms with Gasteiger partial charge in [-0.15, -0.1) is 0 Å². The molecule has 3 saturated heterocycles. The number of nitriles is 1. The van der Waals surface area contributed by atoms with Crippen molar-refractivity contribution in [3.05, 3.63) is 88.2 Å². The summed E-state index contributed by atoms with van der Waals surface area (Å²) in [6.45, 7) is 14.4. The lowest BCUT2D eigenvalue weighted by Gasteiger charge is -2.63. The summed E-state index contributed by atoms with van der Waals surface area (Å²) in [6.07, 6.45) is 2.25. The third-order valence-corrected chi connectivity index (χ3v) is 12.8. The molecule has 3 heterocycles. The molecule has 4 amide bonds. The Kier molecular flexibility index (Phi) is 11.7. The smallest absolute Gasteiger partial charge is 0.254 e. The van der Waals surface area contributed by atoms with Crippen molar-refractivity contribution in [2.75, 3.05) is 55.6 Å². The zero-order valence-electron chi connectivity index (χ0n) is 33.4. The highest BCUT2D eigenvalue weighted by atomic mass is 35.5. The lowest BCUT2D eigenvalue weighted by molar-refractivity contribution is -0.164. The van der Waals surface area contributed by atoms with E-state index >= 15 is 0 Å². The molecule has 0 spiro atoms. The minimum atomic E-state index is -0.873. The molecule has 3 aliphatic heterocycles. The first-order valence-electron chi connectivity index (χ1n) is 20.1. The van der Waals surface area contributed by atoms with Crippen LogP contribution in [0.4, 0.5) is 15.8 Å². The summed E-state index contributed by atoms with van der Waals surface area (Å²) in [6, 6.07) is 18.5. The second-order valence-electron chi connectivity index (χ2n) is 17.2. The van der Waals surface area contributed by atoms with Gasteiger partial charge in [-0.3, -0.25) is 29.4 Å². The number of carbonyl (C=O) groups excluding carboxylic acids is 4. The van der Waals surface area contributed by atoms with Crippen LogP contribution in [0.5, 0.6) is 5.75 Å². The van der Waals surface area contributed by atoms with Gasteiger partial charge in [0.1, 0.15) is 29.8 Å². The molecule has 1 unspecified atom stereocenters. The van der Waals surface area contributed by atoms with Gasteiger partial charge >= 0.3 is 0 Å². The van der Waals surface area contributed by atoms with Crippen LogP contribution in [0.1, 0.15) is 79.7 Å². The van der Waals surface area contributed by atoms with Crippen LogP contribution in [0.2, 0.25) is 5.02 Å². The Labute approximate surface area is 344 Å². The number of halogens is 2. The number of anilines is 2. The highest BCUT2D eigenvalue weighted by Crippen LogP contribution is 2.55. The number of hydrogen-bond donors (Lipinski definition) is 3. The second-order valence-corrected chi connectivity index (χ2v) is 17.6. The van der Waals surface area contributed by atoms with Gasteiger partial charge in [-0.1, -0.05) is 39.3 Å². The predicted octanol–water partition coefficient (Wildman–Crippen LogP) is 5.54. The Morgan fingerprint density at radius 1 is 0.862 bits per heavy atom. The van der Waals surface area contributed by atoms with Crippen LogP contribution in [-0.4, -0.2) is 92.5 Å². The quantitative estimate of drug-likeness (QED) is 0.225. The number of ether oxygens (including phenoxy) is 1. The summed E-state index contributed by atoms with van der Waals surface area (Å²) in [5.74, 6) is -1.25. The summed E-state index contributed by atoms with van der Waals surface area (Å²) >= 11 is 6.25. The van der Waals surface area contributed by atoms with Gasteiger partial charge in [0.05, 0.1) is 16.1 Å². The van der Waals surface area contributed by atoms with Gasteiger partial charge in [-0.2, -0.15) is 5.26 Å². The van der Waals surface area contributed by atoms with Crippen molar-refractivity contribution >= 4 is 46.6 Å². The largest absolute Gasteiger partial charge is 0.489 e. The van der Waals surface area contributed by atoms with Gasteiger partial charge in [-0.05, 0) is 79.8 Å². The molecule has 3 aromatic carbocycles. The molecule has 14 heteroatoms. The van der Waals surface area contributed by atoms with E-state index in [1.165, 1.54) is 6.07 Å². The number of nitrogens with zero attached hydrogens (tertiary/aromatic N) is 4. The fraction of sp³-hybridized carbons (Fsp3) is 0.477. The van der Waals surface area contributed by atoms with Crippen LogP contribution in [0, 0.1) is 33.9 Å². The molecule has 306 valence electrons. The van der Waals surface area contributed by atoms with E-state index in [1.54, 1.807) is 30.3 Å². The van der Waals surface area contributed by atoms with Crippen LogP contribution in [0.3, 0.4) is 0 Å². The summed E-state index contributed by atoms with van der Waals surface area (Å²) in [7, 11) is 0. The standard InChI is InChI=1S/C44H51ClFN7O5/c1-43(2)41(44(3,4)42(43)58-32-11-7-29(25-47)34(45)24-32)50-38(55)28-5-8-30(9-6-28)52-17-15-27(16-18-52)26-51-19-21-53(22-20-51)31-10-12-35(46)33(23-31)39(56)48-36-13-14-37(54)49-40(36)57/h5-12,23-24,27,36,41-42H,13-22,26H2,1-4H3,(H,48,56)(H,50,55)(H,49,54,57). The first-order valence-corrected chi connectivity index (χ1v) is 20.5. The minimum Gasteiger partial charge on any atom is -0.489 e. The second kappa shape index (κ2) is 16.6. The molecule has 0 bridgehead atoms. The van der Waals surface area contributed by atoms with E-state index in [9.17, 15) is 28.8 Å². The van der Waals surface area contributed by atoms with E-state index in [0.717, 1.165) is 70.0 Å².